The average Bonchev–Trinajstić information content (AvgIpc) is 2.74. The van der Waals surface area contributed by atoms with Gasteiger partial charge in [-0.1, -0.05) is 26.8 Å². The third-order valence-corrected chi connectivity index (χ3v) is 4.00. The molecule has 1 aliphatic rings. The van der Waals surface area contributed by atoms with Crippen molar-refractivity contribution in [2.75, 3.05) is 27.2 Å². The number of esters is 1. The van der Waals surface area contributed by atoms with Gasteiger partial charge in [-0.25, -0.2) is 0 Å². The first-order valence-corrected chi connectivity index (χ1v) is 7.99. The zero-order valence-corrected chi connectivity index (χ0v) is 14.3. The van der Waals surface area contributed by atoms with Crippen LogP contribution in [-0.4, -0.2) is 38.1 Å². The van der Waals surface area contributed by atoms with E-state index in [2.05, 4.69) is 17.9 Å². The Hall–Kier alpha value is -1.55. The Labute approximate surface area is 133 Å². The van der Waals surface area contributed by atoms with Gasteiger partial charge in [-0.15, -0.1) is 0 Å². The number of likely N-dealkylation sites (N-methyl/N-ethyl adjacent to an activating group) is 1. The number of hydrogen-bond donors (Lipinski definition) is 0. The van der Waals surface area contributed by atoms with Gasteiger partial charge >= 0.3 is 5.97 Å². The third kappa shape index (κ3) is 4.01. The van der Waals surface area contributed by atoms with Gasteiger partial charge in [-0.2, -0.15) is 0 Å². The van der Waals surface area contributed by atoms with Crippen molar-refractivity contribution in [2.45, 2.75) is 33.3 Å². The van der Waals surface area contributed by atoms with E-state index in [4.69, 9.17) is 9.47 Å². The molecule has 4 nitrogen and oxygen atoms in total. The lowest BCUT2D eigenvalue weighted by Crippen LogP contribution is -2.19. The molecule has 0 aromatic heterocycles. The standard InChI is InChI=1S/C18H27NO3/c1-12(2)18(20)22-17-13(3)10-14-6-7-15(11-16(14)17)21-9-8-19(4)5/h6-7,11-13,17H,8-10H2,1-5H3/t13-,17+/m0/s1. The minimum atomic E-state index is -0.151. The molecule has 0 heterocycles. The number of benzene rings is 1. The van der Waals surface area contributed by atoms with Crippen LogP contribution in [0, 0.1) is 11.8 Å². The van der Waals surface area contributed by atoms with Crippen molar-refractivity contribution in [1.82, 2.24) is 4.90 Å². The zero-order chi connectivity index (χ0) is 16.3. The van der Waals surface area contributed by atoms with Gasteiger partial charge in [-0.05, 0) is 43.8 Å². The van der Waals surface area contributed by atoms with Gasteiger partial charge in [0.15, 0.2) is 0 Å². The van der Waals surface area contributed by atoms with E-state index < -0.39 is 0 Å². The van der Waals surface area contributed by atoms with Crippen molar-refractivity contribution in [3.63, 3.8) is 0 Å². The fourth-order valence-corrected chi connectivity index (χ4v) is 2.66. The van der Waals surface area contributed by atoms with Gasteiger partial charge in [0.05, 0.1) is 5.92 Å². The van der Waals surface area contributed by atoms with Crippen LogP contribution in [0.4, 0.5) is 0 Å². The Morgan fingerprint density at radius 3 is 2.73 bits per heavy atom. The Kier molecular flexibility index (Phi) is 5.46. The molecule has 0 spiro atoms. The Balaban J connectivity index is 2.09. The second kappa shape index (κ2) is 7.14. The molecule has 0 aliphatic heterocycles. The van der Waals surface area contributed by atoms with Crippen molar-refractivity contribution < 1.29 is 14.3 Å². The van der Waals surface area contributed by atoms with E-state index >= 15 is 0 Å². The number of ether oxygens (including phenoxy) is 2. The zero-order valence-electron chi connectivity index (χ0n) is 14.3. The largest absolute Gasteiger partial charge is 0.492 e. The SMILES string of the molecule is CC(C)C(=O)O[C@H]1c2cc(OCCN(C)C)ccc2C[C@@H]1C. The van der Waals surface area contributed by atoms with E-state index in [1.165, 1.54) is 5.56 Å². The number of carbonyl (C=O) groups is 1. The fraction of sp³-hybridized carbons (Fsp3) is 0.611. The summed E-state index contributed by atoms with van der Waals surface area (Å²) in [5, 5.41) is 0. The Morgan fingerprint density at radius 2 is 2.09 bits per heavy atom. The summed E-state index contributed by atoms with van der Waals surface area (Å²) < 4.78 is 11.5. The van der Waals surface area contributed by atoms with E-state index in [1.807, 2.05) is 40.1 Å². The average molecular weight is 305 g/mol. The van der Waals surface area contributed by atoms with Crippen LogP contribution >= 0.6 is 0 Å². The quantitative estimate of drug-likeness (QED) is 0.757. The maximum atomic E-state index is 11.9. The molecule has 122 valence electrons. The highest BCUT2D eigenvalue weighted by Crippen LogP contribution is 2.40. The normalized spacial score (nSPS) is 20.3. The first-order chi connectivity index (χ1) is 10.4. The summed E-state index contributed by atoms with van der Waals surface area (Å²) in [5.74, 6) is 0.925. The molecule has 1 aliphatic carbocycles. The second-order valence-electron chi connectivity index (χ2n) is 6.71. The van der Waals surface area contributed by atoms with Crippen LogP contribution in [0.2, 0.25) is 0 Å². The van der Waals surface area contributed by atoms with Gasteiger partial charge < -0.3 is 14.4 Å². The maximum Gasteiger partial charge on any atom is 0.308 e. The van der Waals surface area contributed by atoms with Crippen LogP contribution in [0.25, 0.3) is 0 Å². The number of rotatable bonds is 6. The smallest absolute Gasteiger partial charge is 0.308 e. The summed E-state index contributed by atoms with van der Waals surface area (Å²) in [6.07, 6.45) is 0.797. The second-order valence-corrected chi connectivity index (χ2v) is 6.71. The molecule has 0 amide bonds. The molecule has 1 aromatic carbocycles. The molecule has 0 unspecified atom stereocenters. The van der Waals surface area contributed by atoms with Crippen molar-refractivity contribution >= 4 is 5.97 Å². The molecule has 1 aromatic rings. The minimum Gasteiger partial charge on any atom is -0.492 e. The first-order valence-electron chi connectivity index (χ1n) is 7.99. The summed E-state index contributed by atoms with van der Waals surface area (Å²) in [7, 11) is 4.05. The highest BCUT2D eigenvalue weighted by molar-refractivity contribution is 5.72. The molecule has 0 fully saturated rings. The monoisotopic (exact) mass is 305 g/mol. The van der Waals surface area contributed by atoms with Crippen molar-refractivity contribution in [1.29, 1.82) is 0 Å². The Bertz CT molecular complexity index is 525. The van der Waals surface area contributed by atoms with E-state index in [1.54, 1.807) is 0 Å². The van der Waals surface area contributed by atoms with E-state index in [9.17, 15) is 4.79 Å². The minimum absolute atomic E-state index is 0.101. The lowest BCUT2D eigenvalue weighted by molar-refractivity contribution is -0.155. The molecule has 0 N–H and O–H groups in total. The summed E-state index contributed by atoms with van der Waals surface area (Å²) in [4.78, 5) is 14.0. The van der Waals surface area contributed by atoms with Gasteiger partial charge in [0, 0.05) is 12.5 Å². The van der Waals surface area contributed by atoms with Crippen LogP contribution < -0.4 is 4.74 Å². The maximum absolute atomic E-state index is 11.9. The molecule has 0 radical (unpaired) electrons. The van der Waals surface area contributed by atoms with Crippen molar-refractivity contribution in [2.24, 2.45) is 11.8 Å². The van der Waals surface area contributed by atoms with E-state index in [-0.39, 0.29) is 18.0 Å². The lowest BCUT2D eigenvalue weighted by Gasteiger charge is -2.19. The van der Waals surface area contributed by atoms with Gasteiger partial charge in [0.25, 0.3) is 0 Å². The van der Waals surface area contributed by atoms with Crippen molar-refractivity contribution in [3.05, 3.63) is 29.3 Å². The van der Waals surface area contributed by atoms with Crippen LogP contribution in [0.15, 0.2) is 18.2 Å². The summed E-state index contributed by atoms with van der Waals surface area (Å²) >= 11 is 0. The third-order valence-electron chi connectivity index (χ3n) is 4.00. The Morgan fingerprint density at radius 1 is 1.36 bits per heavy atom. The van der Waals surface area contributed by atoms with Gasteiger partial charge in [-0.3, -0.25) is 4.79 Å². The molecule has 22 heavy (non-hydrogen) atoms. The molecular formula is C18H27NO3. The summed E-state index contributed by atoms with van der Waals surface area (Å²) in [6.45, 7) is 7.38. The number of hydrogen-bond acceptors (Lipinski definition) is 4. The fourth-order valence-electron chi connectivity index (χ4n) is 2.66. The molecule has 2 atom stereocenters. The van der Waals surface area contributed by atoms with Crippen LogP contribution in [0.1, 0.15) is 38.0 Å². The molecular weight excluding hydrogens is 278 g/mol. The highest BCUT2D eigenvalue weighted by Gasteiger charge is 2.33. The van der Waals surface area contributed by atoms with Crippen molar-refractivity contribution in [3.8, 4) is 5.75 Å². The van der Waals surface area contributed by atoms with Gasteiger partial charge in [0.1, 0.15) is 18.5 Å². The van der Waals surface area contributed by atoms with Crippen LogP contribution in [-0.2, 0) is 16.0 Å². The van der Waals surface area contributed by atoms with Crippen LogP contribution in [0.5, 0.6) is 5.75 Å². The first kappa shape index (κ1) is 16.8. The summed E-state index contributed by atoms with van der Waals surface area (Å²) in [6, 6.07) is 6.14. The van der Waals surface area contributed by atoms with Crippen LogP contribution in [0.3, 0.4) is 0 Å². The molecule has 2 rings (SSSR count). The molecule has 0 saturated heterocycles. The number of carbonyl (C=O) groups excluding carboxylic acids is 1. The van der Waals surface area contributed by atoms with E-state index in [0.29, 0.717) is 12.5 Å². The topological polar surface area (TPSA) is 38.8 Å². The molecule has 0 saturated carbocycles. The predicted molar refractivity (Wildman–Crippen MR) is 87.0 cm³/mol. The lowest BCUT2D eigenvalue weighted by atomic mass is 10.1. The molecule has 0 bridgehead atoms. The highest BCUT2D eigenvalue weighted by atomic mass is 16.5. The summed E-state index contributed by atoms with van der Waals surface area (Å²) in [5.41, 5.74) is 2.36. The van der Waals surface area contributed by atoms with E-state index in [0.717, 1.165) is 24.3 Å². The molecule has 4 heteroatoms. The number of fused-ring (bicyclic) bond motifs is 1. The number of nitrogens with zero attached hydrogens (tertiary/aromatic N) is 1. The predicted octanol–water partition coefficient (Wildman–Crippen LogP) is 3.06. The van der Waals surface area contributed by atoms with Gasteiger partial charge in [0.2, 0.25) is 0 Å².